The van der Waals surface area contributed by atoms with Crippen LogP contribution in [0.1, 0.15) is 18.4 Å². The van der Waals surface area contributed by atoms with Crippen molar-refractivity contribution in [2.45, 2.75) is 24.6 Å². The molecule has 0 aliphatic carbocycles. The second-order valence-electron chi connectivity index (χ2n) is 6.89. The van der Waals surface area contributed by atoms with Crippen LogP contribution in [0, 0.1) is 0 Å². The van der Waals surface area contributed by atoms with Crippen molar-refractivity contribution in [3.05, 3.63) is 29.8 Å². The minimum absolute atomic E-state index is 0. The third-order valence-corrected chi connectivity index (χ3v) is 6.28. The van der Waals surface area contributed by atoms with Crippen LogP contribution in [0.2, 0.25) is 0 Å². The molecule has 1 unspecified atom stereocenters. The molecule has 2 aliphatic rings. The smallest absolute Gasteiger partial charge is 0.191 e. The van der Waals surface area contributed by atoms with E-state index in [-0.39, 0.29) is 24.0 Å². The molecule has 6 nitrogen and oxygen atoms in total. The number of guanidine groups is 1. The average Bonchev–Trinajstić information content (AvgIpc) is 3.23. The highest BCUT2D eigenvalue weighted by molar-refractivity contribution is 14.0. The van der Waals surface area contributed by atoms with Crippen LogP contribution in [0.3, 0.4) is 0 Å². The van der Waals surface area contributed by atoms with Crippen LogP contribution in [0.25, 0.3) is 0 Å². The summed E-state index contributed by atoms with van der Waals surface area (Å²) < 4.78 is 11.3. The molecule has 28 heavy (non-hydrogen) atoms. The van der Waals surface area contributed by atoms with E-state index in [1.54, 1.807) is 0 Å². The minimum atomic E-state index is 0. The molecule has 2 heterocycles. The number of ether oxygens (including phenoxy) is 2. The van der Waals surface area contributed by atoms with Gasteiger partial charge in [0.2, 0.25) is 0 Å². The number of benzene rings is 1. The summed E-state index contributed by atoms with van der Waals surface area (Å²) in [5.41, 5.74) is 1.19. The lowest BCUT2D eigenvalue weighted by molar-refractivity contribution is 0.0322. The molecule has 2 fully saturated rings. The van der Waals surface area contributed by atoms with Gasteiger partial charge in [0.25, 0.3) is 0 Å². The van der Waals surface area contributed by atoms with E-state index in [9.17, 15) is 0 Å². The molecule has 0 saturated carbocycles. The summed E-state index contributed by atoms with van der Waals surface area (Å²) in [6.07, 6.45) is 2.64. The molecule has 2 saturated heterocycles. The zero-order valence-electron chi connectivity index (χ0n) is 16.7. The third-order valence-electron chi connectivity index (χ3n) is 4.88. The lowest BCUT2D eigenvalue weighted by Gasteiger charge is -2.26. The van der Waals surface area contributed by atoms with E-state index in [0.29, 0.717) is 11.9 Å². The van der Waals surface area contributed by atoms with Crippen molar-refractivity contribution < 1.29 is 9.47 Å². The summed E-state index contributed by atoms with van der Waals surface area (Å²) in [5.74, 6) is 3.07. The lowest BCUT2D eigenvalue weighted by Crippen LogP contribution is -2.39. The van der Waals surface area contributed by atoms with Gasteiger partial charge in [-0.05, 0) is 36.3 Å². The Morgan fingerprint density at radius 1 is 1.32 bits per heavy atom. The Balaban J connectivity index is 0.00000280. The van der Waals surface area contributed by atoms with Crippen molar-refractivity contribution in [1.29, 1.82) is 0 Å². The first-order valence-electron chi connectivity index (χ1n) is 9.91. The number of halogens is 1. The molecule has 8 heteroatoms. The van der Waals surface area contributed by atoms with Crippen LogP contribution in [0.4, 0.5) is 0 Å². The first kappa shape index (κ1) is 23.6. The van der Waals surface area contributed by atoms with Gasteiger partial charge in [0.1, 0.15) is 12.4 Å². The van der Waals surface area contributed by atoms with Crippen LogP contribution in [0.15, 0.2) is 29.3 Å². The third kappa shape index (κ3) is 8.34. The summed E-state index contributed by atoms with van der Waals surface area (Å²) in [4.78, 5) is 6.71. The molecule has 0 spiro atoms. The van der Waals surface area contributed by atoms with Crippen LogP contribution < -0.4 is 15.4 Å². The molecule has 3 rings (SSSR count). The first-order chi connectivity index (χ1) is 13.3. The molecule has 0 bridgehead atoms. The van der Waals surface area contributed by atoms with Gasteiger partial charge in [-0.15, -0.1) is 24.0 Å². The fourth-order valence-corrected chi connectivity index (χ4v) is 4.49. The molecule has 0 aromatic heterocycles. The van der Waals surface area contributed by atoms with Gasteiger partial charge in [0.15, 0.2) is 5.96 Å². The second kappa shape index (κ2) is 13.5. The molecule has 1 aromatic carbocycles. The Bertz CT molecular complexity index is 593. The maximum absolute atomic E-state index is 5.94. The minimum Gasteiger partial charge on any atom is -0.492 e. The first-order valence-corrected chi connectivity index (χ1v) is 11.0. The van der Waals surface area contributed by atoms with Crippen molar-refractivity contribution in [1.82, 2.24) is 15.5 Å². The zero-order valence-corrected chi connectivity index (χ0v) is 19.8. The number of nitrogens with zero attached hydrogens (tertiary/aromatic N) is 2. The SMILES string of the molecule is CN=C(NCc1cccc(OCCN2CCOCC2)c1)NCC1CCCS1.I. The van der Waals surface area contributed by atoms with E-state index >= 15 is 0 Å². The van der Waals surface area contributed by atoms with E-state index in [2.05, 4.69) is 44.4 Å². The predicted octanol–water partition coefficient (Wildman–Crippen LogP) is 2.58. The van der Waals surface area contributed by atoms with Crippen LogP contribution in [0.5, 0.6) is 5.75 Å². The normalized spacial score (nSPS) is 20.5. The van der Waals surface area contributed by atoms with E-state index < -0.39 is 0 Å². The number of hydrogen-bond donors (Lipinski definition) is 2. The van der Waals surface area contributed by atoms with E-state index in [1.165, 1.54) is 24.2 Å². The molecular weight excluding hydrogens is 487 g/mol. The van der Waals surface area contributed by atoms with Gasteiger partial charge in [0.05, 0.1) is 13.2 Å². The zero-order chi connectivity index (χ0) is 18.7. The molecule has 0 amide bonds. The van der Waals surface area contributed by atoms with Gasteiger partial charge < -0.3 is 20.1 Å². The number of nitrogens with one attached hydrogen (secondary N) is 2. The van der Waals surface area contributed by atoms with Crippen LogP contribution in [-0.2, 0) is 11.3 Å². The van der Waals surface area contributed by atoms with Gasteiger partial charge >= 0.3 is 0 Å². The van der Waals surface area contributed by atoms with Gasteiger partial charge in [-0.3, -0.25) is 9.89 Å². The summed E-state index contributed by atoms with van der Waals surface area (Å²) >= 11 is 2.06. The number of hydrogen-bond acceptors (Lipinski definition) is 5. The standard InChI is InChI=1S/C20H32N4O2S.HI/c1-21-20(23-16-19-6-3-13-27-19)22-15-17-4-2-5-18(14-17)26-12-9-24-7-10-25-11-8-24;/h2,4-5,14,19H,3,6-13,15-16H2,1H3,(H2,21,22,23);1H. The molecule has 158 valence electrons. The van der Waals surface area contributed by atoms with Gasteiger partial charge in [-0.1, -0.05) is 12.1 Å². The quantitative estimate of drug-likeness (QED) is 0.312. The van der Waals surface area contributed by atoms with Crippen molar-refractivity contribution in [2.75, 3.05) is 58.8 Å². The van der Waals surface area contributed by atoms with Crippen LogP contribution >= 0.6 is 35.7 Å². The maximum Gasteiger partial charge on any atom is 0.191 e. The highest BCUT2D eigenvalue weighted by Crippen LogP contribution is 2.25. The monoisotopic (exact) mass is 520 g/mol. The Kier molecular flexibility index (Phi) is 11.4. The molecular formula is C20H33IN4O2S. The summed E-state index contributed by atoms with van der Waals surface area (Å²) in [6, 6.07) is 8.29. The summed E-state index contributed by atoms with van der Waals surface area (Å²) in [5, 5.41) is 7.55. The highest BCUT2D eigenvalue weighted by atomic mass is 127. The van der Waals surface area contributed by atoms with Crippen molar-refractivity contribution in [2.24, 2.45) is 4.99 Å². The van der Waals surface area contributed by atoms with Crippen molar-refractivity contribution in [3.63, 3.8) is 0 Å². The van der Waals surface area contributed by atoms with Crippen molar-refractivity contribution in [3.8, 4) is 5.75 Å². The van der Waals surface area contributed by atoms with E-state index in [1.807, 2.05) is 19.2 Å². The predicted molar refractivity (Wildman–Crippen MR) is 128 cm³/mol. The number of morpholine rings is 1. The van der Waals surface area contributed by atoms with Gasteiger partial charge in [-0.2, -0.15) is 11.8 Å². The molecule has 1 aromatic rings. The number of thioether (sulfide) groups is 1. The molecule has 0 radical (unpaired) electrons. The van der Waals surface area contributed by atoms with Crippen molar-refractivity contribution >= 4 is 41.7 Å². The lowest BCUT2D eigenvalue weighted by atomic mass is 10.2. The molecule has 2 aliphatic heterocycles. The van der Waals surface area contributed by atoms with Gasteiger partial charge in [0, 0.05) is 45.0 Å². The summed E-state index contributed by atoms with van der Waals surface area (Å²) in [7, 11) is 1.82. The topological polar surface area (TPSA) is 58.1 Å². The second-order valence-corrected chi connectivity index (χ2v) is 8.30. The Labute approximate surface area is 190 Å². The highest BCUT2D eigenvalue weighted by Gasteiger charge is 2.15. The van der Waals surface area contributed by atoms with Gasteiger partial charge in [-0.25, -0.2) is 0 Å². The fourth-order valence-electron chi connectivity index (χ4n) is 3.28. The number of aliphatic imine (C=N–C) groups is 1. The fraction of sp³-hybridized carbons (Fsp3) is 0.650. The van der Waals surface area contributed by atoms with E-state index in [4.69, 9.17) is 9.47 Å². The average molecular weight is 520 g/mol. The Hall–Kier alpha value is -0.710. The molecule has 1 atom stereocenters. The summed E-state index contributed by atoms with van der Waals surface area (Å²) in [6.45, 7) is 7.03. The van der Waals surface area contributed by atoms with Crippen LogP contribution in [-0.4, -0.2) is 74.9 Å². The Morgan fingerprint density at radius 3 is 2.93 bits per heavy atom. The maximum atomic E-state index is 5.94. The largest absolute Gasteiger partial charge is 0.492 e. The number of rotatable bonds is 8. The molecule has 2 N–H and O–H groups in total. The van der Waals surface area contributed by atoms with E-state index in [0.717, 1.165) is 57.6 Å². The Morgan fingerprint density at radius 2 is 2.18 bits per heavy atom.